The van der Waals surface area contributed by atoms with E-state index in [1.54, 1.807) is 24.4 Å². The molecule has 0 saturated carbocycles. The molecule has 0 N–H and O–H groups in total. The fourth-order valence-corrected chi connectivity index (χ4v) is 2.00. The van der Waals surface area contributed by atoms with Gasteiger partial charge >= 0.3 is 0 Å². The van der Waals surface area contributed by atoms with Crippen LogP contribution >= 0.6 is 23.2 Å². The fraction of sp³-hybridized carbons (Fsp3) is 0.100. The molecule has 0 aliphatic carbocycles. The molecule has 0 saturated heterocycles. The first-order chi connectivity index (χ1) is 8.63. The molecule has 1 aromatic heterocycles. The van der Waals surface area contributed by atoms with Crippen molar-refractivity contribution in [3.8, 4) is 0 Å². The molecule has 0 bridgehead atoms. The highest BCUT2D eigenvalue weighted by molar-refractivity contribution is 6.30. The number of hydrogen-bond acceptors (Lipinski definition) is 4. The molecular weight excluding hydrogens is 277 g/mol. The van der Waals surface area contributed by atoms with E-state index in [9.17, 15) is 5.21 Å². The van der Waals surface area contributed by atoms with E-state index in [4.69, 9.17) is 23.2 Å². The van der Waals surface area contributed by atoms with Crippen LogP contribution < -0.4 is 5.12 Å². The summed E-state index contributed by atoms with van der Waals surface area (Å²) in [6.07, 6.45) is 3.05. The number of halogens is 2. The van der Waals surface area contributed by atoms with Crippen LogP contribution in [0.15, 0.2) is 35.8 Å². The number of fused-ring (bicyclic) bond motifs is 1. The Kier molecular flexibility index (Phi) is 2.61. The van der Waals surface area contributed by atoms with Crippen LogP contribution in [0.25, 0.3) is 0 Å². The van der Waals surface area contributed by atoms with E-state index in [-0.39, 0.29) is 0 Å². The van der Waals surface area contributed by atoms with E-state index < -0.39 is 0 Å². The molecule has 0 radical (unpaired) electrons. The summed E-state index contributed by atoms with van der Waals surface area (Å²) in [6.45, 7) is 0.420. The van der Waals surface area contributed by atoms with E-state index in [0.717, 1.165) is 5.56 Å². The van der Waals surface area contributed by atoms with Gasteiger partial charge < -0.3 is 5.21 Å². The SMILES string of the molecule is [O-][N+]1=NN(n2cc(Cl)cn2)Cc2ccc(Cl)cc21. The molecule has 0 fully saturated rings. The number of rotatable bonds is 1. The lowest BCUT2D eigenvalue weighted by Gasteiger charge is -2.20. The number of nitrogens with zero attached hydrogens (tertiary/aromatic N) is 5. The molecule has 18 heavy (non-hydrogen) atoms. The first-order valence-electron chi connectivity index (χ1n) is 5.09. The molecule has 8 heteroatoms. The maximum atomic E-state index is 11.8. The zero-order valence-corrected chi connectivity index (χ0v) is 10.5. The van der Waals surface area contributed by atoms with Crippen molar-refractivity contribution in [2.75, 3.05) is 5.12 Å². The van der Waals surface area contributed by atoms with Gasteiger partial charge in [0.25, 0.3) is 0 Å². The Hall–Kier alpha value is -1.79. The lowest BCUT2D eigenvalue weighted by atomic mass is 10.2. The summed E-state index contributed by atoms with van der Waals surface area (Å²) in [6, 6.07) is 5.10. The Labute approximate surface area is 112 Å². The monoisotopic (exact) mass is 283 g/mol. The first-order valence-corrected chi connectivity index (χ1v) is 5.84. The zero-order chi connectivity index (χ0) is 12.7. The van der Waals surface area contributed by atoms with E-state index in [1.165, 1.54) is 16.1 Å². The van der Waals surface area contributed by atoms with E-state index in [1.807, 2.05) is 0 Å². The minimum absolute atomic E-state index is 0.420. The molecule has 0 spiro atoms. The van der Waals surface area contributed by atoms with Gasteiger partial charge in [-0.3, -0.25) is 0 Å². The Morgan fingerprint density at radius 3 is 2.83 bits per heavy atom. The summed E-state index contributed by atoms with van der Waals surface area (Å²) in [5.74, 6) is 0. The van der Waals surface area contributed by atoms with Crippen molar-refractivity contribution in [1.82, 2.24) is 9.89 Å². The highest BCUT2D eigenvalue weighted by atomic mass is 35.5. The maximum absolute atomic E-state index is 11.8. The van der Waals surface area contributed by atoms with Gasteiger partial charge in [0.05, 0.1) is 17.4 Å². The second-order valence-corrected chi connectivity index (χ2v) is 4.62. The molecule has 1 aliphatic rings. The van der Waals surface area contributed by atoms with E-state index in [0.29, 0.717) is 27.1 Å². The van der Waals surface area contributed by atoms with Crippen LogP contribution in [0.1, 0.15) is 5.56 Å². The second kappa shape index (κ2) is 4.15. The van der Waals surface area contributed by atoms with Crippen molar-refractivity contribution in [1.29, 1.82) is 0 Å². The summed E-state index contributed by atoms with van der Waals surface area (Å²) < 4.78 is 0. The highest BCUT2D eigenvalue weighted by Gasteiger charge is 2.24. The van der Waals surface area contributed by atoms with Crippen LogP contribution in [0.4, 0.5) is 5.69 Å². The summed E-state index contributed by atoms with van der Waals surface area (Å²) in [5.41, 5.74) is 1.26. The predicted octanol–water partition coefficient (Wildman–Crippen LogP) is 2.85. The smallest absolute Gasteiger partial charge is 0.166 e. The molecule has 2 aromatic rings. The van der Waals surface area contributed by atoms with Crippen molar-refractivity contribution >= 4 is 28.9 Å². The number of aromatic nitrogens is 2. The maximum Gasteiger partial charge on any atom is 0.166 e. The minimum atomic E-state index is 0.420. The van der Waals surface area contributed by atoms with Gasteiger partial charge in [-0.25, -0.2) is 0 Å². The summed E-state index contributed by atoms with van der Waals surface area (Å²) in [4.78, 5) is 1.92. The van der Waals surface area contributed by atoms with Crippen molar-refractivity contribution in [2.45, 2.75) is 6.54 Å². The molecule has 0 amide bonds. The average molecular weight is 284 g/mol. The average Bonchev–Trinajstić information content (AvgIpc) is 2.77. The third-order valence-corrected chi connectivity index (χ3v) is 2.95. The number of benzene rings is 1. The third kappa shape index (κ3) is 1.89. The van der Waals surface area contributed by atoms with Crippen molar-refractivity contribution in [2.24, 2.45) is 5.22 Å². The van der Waals surface area contributed by atoms with Crippen LogP contribution in [-0.4, -0.2) is 14.8 Å². The topological polar surface area (TPSA) is 59.5 Å². The van der Waals surface area contributed by atoms with Gasteiger partial charge in [-0.15, -0.1) is 9.96 Å². The van der Waals surface area contributed by atoms with Crippen LogP contribution in [0.2, 0.25) is 10.0 Å². The Morgan fingerprint density at radius 1 is 1.28 bits per heavy atom. The molecule has 1 aliphatic heterocycles. The standard InChI is InChI=1S/C10H7Cl2N5O/c11-8-2-1-7-5-16(14-17(18)10(7)3-8)15-6-9(12)4-13-15/h1-4,6H,5H2. The second-order valence-electron chi connectivity index (χ2n) is 3.74. The van der Waals surface area contributed by atoms with Crippen LogP contribution in [0, 0.1) is 5.21 Å². The Balaban J connectivity index is 2.01. The molecule has 1 aromatic carbocycles. The van der Waals surface area contributed by atoms with Crippen molar-refractivity contribution in [3.05, 3.63) is 51.4 Å². The van der Waals surface area contributed by atoms with Gasteiger partial charge in [0, 0.05) is 16.7 Å². The summed E-state index contributed by atoms with van der Waals surface area (Å²) in [7, 11) is 0. The third-order valence-electron chi connectivity index (χ3n) is 2.52. The Morgan fingerprint density at radius 2 is 2.11 bits per heavy atom. The zero-order valence-electron chi connectivity index (χ0n) is 8.99. The highest BCUT2D eigenvalue weighted by Crippen LogP contribution is 2.28. The van der Waals surface area contributed by atoms with Gasteiger partial charge in [0.1, 0.15) is 5.22 Å². The number of hydrogen-bond donors (Lipinski definition) is 0. The van der Waals surface area contributed by atoms with Crippen LogP contribution in [0.5, 0.6) is 0 Å². The molecular formula is C10H7Cl2N5O. The normalized spacial score (nSPS) is 14.3. The molecule has 0 unspecified atom stereocenters. The quantitative estimate of drug-likeness (QED) is 0.597. The van der Waals surface area contributed by atoms with E-state index in [2.05, 4.69) is 10.3 Å². The van der Waals surface area contributed by atoms with Gasteiger partial charge in [-0.1, -0.05) is 28.0 Å². The van der Waals surface area contributed by atoms with Crippen LogP contribution in [0.3, 0.4) is 0 Å². The van der Waals surface area contributed by atoms with Gasteiger partial charge in [-0.05, 0) is 17.3 Å². The minimum Gasteiger partial charge on any atom is -0.691 e. The van der Waals surface area contributed by atoms with Crippen LogP contribution in [-0.2, 0) is 6.54 Å². The summed E-state index contributed by atoms with van der Waals surface area (Å²) in [5, 5.41) is 22.0. The molecule has 2 heterocycles. The van der Waals surface area contributed by atoms with Gasteiger partial charge in [-0.2, -0.15) is 0 Å². The van der Waals surface area contributed by atoms with Gasteiger partial charge in [0.2, 0.25) is 0 Å². The molecule has 6 nitrogen and oxygen atoms in total. The Bertz CT molecular complexity index is 639. The van der Waals surface area contributed by atoms with Crippen molar-refractivity contribution < 1.29 is 4.86 Å². The molecule has 3 rings (SSSR count). The fourth-order valence-electron chi connectivity index (χ4n) is 1.71. The van der Waals surface area contributed by atoms with E-state index >= 15 is 0 Å². The molecule has 92 valence electrons. The van der Waals surface area contributed by atoms with Gasteiger partial charge in [0.15, 0.2) is 12.2 Å². The lowest BCUT2D eigenvalue weighted by molar-refractivity contribution is -0.450. The largest absolute Gasteiger partial charge is 0.691 e. The molecule has 0 atom stereocenters. The first kappa shape index (κ1) is 11.3. The summed E-state index contributed by atoms with van der Waals surface area (Å²) >= 11 is 11.6. The van der Waals surface area contributed by atoms with Crippen molar-refractivity contribution in [3.63, 3.8) is 0 Å². The lowest BCUT2D eigenvalue weighted by Crippen LogP contribution is -2.33. The predicted molar refractivity (Wildman–Crippen MR) is 66.3 cm³/mol.